The summed E-state index contributed by atoms with van der Waals surface area (Å²) in [5.41, 5.74) is 0. The second-order valence-electron chi connectivity index (χ2n) is 7.94. The molecule has 2 heterocycles. The Kier molecular flexibility index (Phi) is 9.84. The molecule has 2 fully saturated rings. The number of hydrogen-bond donors (Lipinski definition) is 9. The molecular formula is C18H31NO13S. The second kappa shape index (κ2) is 11.5. The van der Waals surface area contributed by atoms with Gasteiger partial charge in [0.05, 0.1) is 24.9 Å². The van der Waals surface area contributed by atoms with Gasteiger partial charge in [-0.15, -0.1) is 11.8 Å². The summed E-state index contributed by atoms with van der Waals surface area (Å²) in [6.07, 6.45) is -14.7. The molecule has 0 aliphatic carbocycles. The van der Waals surface area contributed by atoms with E-state index < -0.39 is 91.0 Å². The molecule has 9 N–H and O–H groups in total. The number of ether oxygens (including phenoxy) is 3. The molecule has 14 nitrogen and oxygen atoms in total. The zero-order valence-electron chi connectivity index (χ0n) is 17.9. The third-order valence-electron chi connectivity index (χ3n) is 5.57. The van der Waals surface area contributed by atoms with Crippen LogP contribution in [0, 0.1) is 0 Å². The number of carbonyl (C=O) groups is 2. The Balaban J connectivity index is 2.28. The normalized spacial score (nSPS) is 41.2. The van der Waals surface area contributed by atoms with Crippen molar-refractivity contribution in [3.8, 4) is 0 Å². The molecule has 2 aliphatic rings. The number of carboxylic acid groups (broad SMARTS) is 1. The van der Waals surface area contributed by atoms with Crippen LogP contribution in [0.4, 0.5) is 0 Å². The molecule has 0 aromatic carbocycles. The van der Waals surface area contributed by atoms with Crippen molar-refractivity contribution in [2.45, 2.75) is 79.4 Å². The zero-order chi connectivity index (χ0) is 25.1. The number of nitrogens with one attached hydrogen (secondary N) is 1. The van der Waals surface area contributed by atoms with Gasteiger partial charge in [-0.1, -0.05) is 0 Å². The van der Waals surface area contributed by atoms with Crippen molar-refractivity contribution in [1.82, 2.24) is 5.32 Å². The van der Waals surface area contributed by atoms with Gasteiger partial charge >= 0.3 is 5.97 Å². The molecular weight excluding hydrogens is 470 g/mol. The fourth-order valence-corrected chi connectivity index (χ4v) is 5.04. The van der Waals surface area contributed by atoms with Crippen LogP contribution in [0.15, 0.2) is 0 Å². The molecule has 1 amide bonds. The molecule has 0 bridgehead atoms. The number of thioether (sulfide) groups is 1. The van der Waals surface area contributed by atoms with Gasteiger partial charge in [0, 0.05) is 26.2 Å². The highest BCUT2D eigenvalue weighted by atomic mass is 32.2. The minimum atomic E-state index is -2.23. The van der Waals surface area contributed by atoms with Gasteiger partial charge in [0.1, 0.15) is 36.6 Å². The third-order valence-corrected chi connectivity index (χ3v) is 6.97. The molecule has 33 heavy (non-hydrogen) atoms. The van der Waals surface area contributed by atoms with E-state index in [1.54, 1.807) is 0 Å². The fraction of sp³-hybridized carbons (Fsp3) is 0.889. The molecule has 15 heteroatoms. The summed E-state index contributed by atoms with van der Waals surface area (Å²) in [6.45, 7) is 0.220. The first-order chi connectivity index (χ1) is 15.4. The summed E-state index contributed by atoms with van der Waals surface area (Å²) >= 11 is 0.561. The Morgan fingerprint density at radius 1 is 1.18 bits per heavy atom. The van der Waals surface area contributed by atoms with E-state index >= 15 is 0 Å². The van der Waals surface area contributed by atoms with Gasteiger partial charge < -0.3 is 60.4 Å². The van der Waals surface area contributed by atoms with Gasteiger partial charge in [0.2, 0.25) is 10.8 Å². The van der Waals surface area contributed by atoms with E-state index in [0.29, 0.717) is 11.8 Å². The standard InChI is InChI=1S/C18H31NO13S/c1-6(21)19-10-7(22)3-18(17(28)29,32-15(10)11(24)8(23)4-20)33-5-9-12(25)13(26)14(27)16(30-2)31-9/h7-16,20,22-27H,3-5H2,1-2H3,(H,19,21)(H,28,29)/t7-,8+,9+,10+,11-,12-,13-,14+,15+,16+,18-/m0/s1. The average Bonchev–Trinajstić information content (AvgIpc) is 2.77. The van der Waals surface area contributed by atoms with E-state index in [9.17, 15) is 45.3 Å². The van der Waals surface area contributed by atoms with Crippen molar-refractivity contribution < 1.29 is 64.7 Å². The van der Waals surface area contributed by atoms with Gasteiger partial charge in [-0.05, 0) is 0 Å². The van der Waals surface area contributed by atoms with Gasteiger partial charge in [-0.2, -0.15) is 0 Å². The largest absolute Gasteiger partial charge is 0.478 e. The van der Waals surface area contributed by atoms with Crippen LogP contribution in [0.3, 0.4) is 0 Å². The van der Waals surface area contributed by atoms with E-state index in [1.165, 1.54) is 7.11 Å². The van der Waals surface area contributed by atoms with Crippen molar-refractivity contribution >= 4 is 23.6 Å². The first kappa shape index (κ1) is 28.1. The molecule has 0 spiro atoms. The van der Waals surface area contributed by atoms with Crippen LogP contribution in [0.5, 0.6) is 0 Å². The lowest BCUT2D eigenvalue weighted by atomic mass is 9.90. The predicted octanol–water partition coefficient (Wildman–Crippen LogP) is -4.68. The number of rotatable bonds is 9. The zero-order valence-corrected chi connectivity index (χ0v) is 18.7. The summed E-state index contributed by atoms with van der Waals surface area (Å²) in [5.74, 6) is -2.51. The minimum Gasteiger partial charge on any atom is -0.478 e. The molecule has 0 radical (unpaired) electrons. The monoisotopic (exact) mass is 501 g/mol. The Hall–Kier alpha value is -1.11. The van der Waals surface area contributed by atoms with Crippen molar-refractivity contribution in [3.05, 3.63) is 0 Å². The molecule has 0 saturated carbocycles. The molecule has 2 rings (SSSR count). The molecule has 0 aromatic heterocycles. The number of hydrogen-bond acceptors (Lipinski definition) is 13. The van der Waals surface area contributed by atoms with Gasteiger partial charge in [-0.25, -0.2) is 4.79 Å². The number of carbonyl (C=O) groups excluding carboxylic acids is 1. The number of methoxy groups -OCH3 is 1. The molecule has 0 unspecified atom stereocenters. The van der Waals surface area contributed by atoms with Crippen LogP contribution in [0.25, 0.3) is 0 Å². The number of amides is 1. The van der Waals surface area contributed by atoms with Gasteiger partial charge in [0.25, 0.3) is 0 Å². The first-order valence-electron chi connectivity index (χ1n) is 10.1. The fourth-order valence-electron chi connectivity index (χ4n) is 3.74. The van der Waals surface area contributed by atoms with Crippen molar-refractivity contribution in [3.63, 3.8) is 0 Å². The van der Waals surface area contributed by atoms with E-state index in [2.05, 4.69) is 5.32 Å². The average molecular weight is 502 g/mol. The van der Waals surface area contributed by atoms with Gasteiger partial charge in [0.15, 0.2) is 6.29 Å². The second-order valence-corrected chi connectivity index (χ2v) is 9.22. The lowest BCUT2D eigenvalue weighted by molar-refractivity contribution is -0.285. The molecule has 2 saturated heterocycles. The van der Waals surface area contributed by atoms with Crippen LogP contribution >= 0.6 is 11.8 Å². The maximum atomic E-state index is 12.2. The highest BCUT2D eigenvalue weighted by molar-refractivity contribution is 8.01. The topological polar surface area (TPSA) is 236 Å². The maximum absolute atomic E-state index is 12.2. The summed E-state index contributed by atoms with van der Waals surface area (Å²) in [4.78, 5) is 21.5. The lowest BCUT2D eigenvalue weighted by Crippen LogP contribution is -2.66. The lowest BCUT2D eigenvalue weighted by Gasteiger charge is -2.47. The number of carboxylic acids is 1. The molecule has 11 atom stereocenters. The summed E-state index contributed by atoms with van der Waals surface area (Å²) in [5, 5.41) is 82.4. The molecule has 192 valence electrons. The van der Waals surface area contributed by atoms with Crippen molar-refractivity contribution in [2.24, 2.45) is 0 Å². The maximum Gasteiger partial charge on any atom is 0.346 e. The van der Waals surface area contributed by atoms with Crippen molar-refractivity contribution in [2.75, 3.05) is 19.5 Å². The molecule has 0 aromatic rings. The summed E-state index contributed by atoms with van der Waals surface area (Å²) in [7, 11) is 1.20. The number of aliphatic carboxylic acids is 1. The highest BCUT2D eigenvalue weighted by Gasteiger charge is 2.56. The van der Waals surface area contributed by atoms with E-state index in [4.69, 9.17) is 19.3 Å². The number of aliphatic hydroxyl groups is 7. The van der Waals surface area contributed by atoms with E-state index in [1.807, 2.05) is 0 Å². The van der Waals surface area contributed by atoms with Crippen LogP contribution in [-0.2, 0) is 23.8 Å². The van der Waals surface area contributed by atoms with Crippen LogP contribution < -0.4 is 5.32 Å². The summed E-state index contributed by atoms with van der Waals surface area (Å²) < 4.78 is 15.9. The number of aliphatic hydroxyl groups excluding tert-OH is 7. The smallest absolute Gasteiger partial charge is 0.346 e. The third kappa shape index (κ3) is 6.12. The minimum absolute atomic E-state index is 0.319. The van der Waals surface area contributed by atoms with E-state index in [0.717, 1.165) is 6.92 Å². The Bertz CT molecular complexity index is 684. The predicted molar refractivity (Wildman–Crippen MR) is 109 cm³/mol. The van der Waals surface area contributed by atoms with E-state index in [-0.39, 0.29) is 5.75 Å². The van der Waals surface area contributed by atoms with Crippen LogP contribution in [-0.4, -0.2) is 138 Å². The van der Waals surface area contributed by atoms with Crippen LogP contribution in [0.1, 0.15) is 13.3 Å². The molecule has 2 aliphatic heterocycles. The Morgan fingerprint density at radius 2 is 1.82 bits per heavy atom. The Labute approximate surface area is 193 Å². The quantitative estimate of drug-likeness (QED) is 0.144. The van der Waals surface area contributed by atoms with Crippen molar-refractivity contribution in [1.29, 1.82) is 0 Å². The SMILES string of the molecule is CO[C@@H]1O[C@H](CS[C@]2(C(=O)O)C[C@H](O)[C@@H](NC(C)=O)[C@H]([C@@H](O)[C@H](O)CO)O2)[C@H](O)[C@H](O)[C@H]1O. The highest BCUT2D eigenvalue weighted by Crippen LogP contribution is 2.41. The summed E-state index contributed by atoms with van der Waals surface area (Å²) in [6, 6.07) is -1.31. The first-order valence-corrected chi connectivity index (χ1v) is 11.1. The van der Waals surface area contributed by atoms with Gasteiger partial charge in [-0.3, -0.25) is 4.79 Å². The Morgan fingerprint density at radius 3 is 2.33 bits per heavy atom. The van der Waals surface area contributed by atoms with Crippen LogP contribution in [0.2, 0.25) is 0 Å².